The first-order valence-corrected chi connectivity index (χ1v) is 8.81. The first kappa shape index (κ1) is 15.8. The maximum absolute atomic E-state index is 12.2. The molecule has 0 radical (unpaired) electrons. The van der Waals surface area contributed by atoms with Gasteiger partial charge in [0, 0.05) is 17.6 Å². The lowest BCUT2D eigenvalue weighted by Gasteiger charge is -2.35. The van der Waals surface area contributed by atoms with Crippen LogP contribution in [0.4, 0.5) is 0 Å². The Kier molecular flexibility index (Phi) is 4.70. The molecule has 1 amide bonds. The number of benzene rings is 1. The number of thioether (sulfide) groups is 1. The molecule has 0 spiro atoms. The van der Waals surface area contributed by atoms with Crippen LogP contribution in [-0.2, 0) is 9.53 Å². The van der Waals surface area contributed by atoms with Gasteiger partial charge in [-0.15, -0.1) is 0 Å². The number of hydrogen-bond acceptors (Lipinski definition) is 4. The quantitative estimate of drug-likeness (QED) is 0.698. The van der Waals surface area contributed by atoms with Gasteiger partial charge in [0.1, 0.15) is 0 Å². The second-order valence-electron chi connectivity index (χ2n) is 5.49. The molecule has 4 nitrogen and oxygen atoms in total. The number of rotatable bonds is 1. The van der Waals surface area contributed by atoms with Crippen molar-refractivity contribution in [3.05, 3.63) is 39.2 Å². The summed E-state index contributed by atoms with van der Waals surface area (Å²) in [5.41, 5.74) is 0.985. The van der Waals surface area contributed by atoms with E-state index in [0.29, 0.717) is 4.91 Å². The largest absolute Gasteiger partial charge is 0.372 e. The zero-order valence-corrected chi connectivity index (χ0v) is 14.9. The summed E-state index contributed by atoms with van der Waals surface area (Å²) in [6.07, 6.45) is 2.19. The molecule has 0 bridgehead atoms. The molecule has 1 aromatic rings. The Bertz CT molecular complexity index is 649. The van der Waals surface area contributed by atoms with Gasteiger partial charge in [0.15, 0.2) is 5.17 Å². The molecular weight excluding hydrogens is 364 g/mol. The summed E-state index contributed by atoms with van der Waals surface area (Å²) in [5, 5.41) is 0.783. The van der Waals surface area contributed by atoms with E-state index >= 15 is 0 Å². The number of carbonyl (C=O) groups excluding carboxylic acids is 1. The predicted molar refractivity (Wildman–Crippen MR) is 93.7 cm³/mol. The molecular formula is C16H17BrN2O2S. The van der Waals surface area contributed by atoms with Crippen LogP contribution < -0.4 is 0 Å². The van der Waals surface area contributed by atoms with Crippen molar-refractivity contribution in [1.82, 2.24) is 4.90 Å². The van der Waals surface area contributed by atoms with Gasteiger partial charge >= 0.3 is 0 Å². The summed E-state index contributed by atoms with van der Waals surface area (Å²) >= 11 is 4.95. The van der Waals surface area contributed by atoms with Crippen LogP contribution in [0.1, 0.15) is 19.4 Å². The van der Waals surface area contributed by atoms with Gasteiger partial charge in [0.25, 0.3) is 5.91 Å². The molecule has 1 fully saturated rings. The van der Waals surface area contributed by atoms with Gasteiger partial charge in [-0.3, -0.25) is 4.79 Å². The van der Waals surface area contributed by atoms with E-state index in [9.17, 15) is 4.79 Å². The van der Waals surface area contributed by atoms with Gasteiger partial charge < -0.3 is 9.64 Å². The molecule has 22 heavy (non-hydrogen) atoms. The monoisotopic (exact) mass is 380 g/mol. The van der Waals surface area contributed by atoms with Crippen LogP contribution in [0.5, 0.6) is 0 Å². The Hall–Kier alpha value is -1.11. The minimum absolute atomic E-state index is 0.151. The third kappa shape index (κ3) is 3.45. The molecule has 2 atom stereocenters. The van der Waals surface area contributed by atoms with E-state index in [-0.39, 0.29) is 18.1 Å². The maximum atomic E-state index is 12.2. The van der Waals surface area contributed by atoms with Crippen molar-refractivity contribution in [2.75, 3.05) is 13.1 Å². The Morgan fingerprint density at radius 1 is 1.32 bits per heavy atom. The number of morpholine rings is 1. The van der Waals surface area contributed by atoms with E-state index in [1.807, 2.05) is 44.2 Å². The molecule has 2 aliphatic heterocycles. The molecule has 2 aliphatic rings. The van der Waals surface area contributed by atoms with Crippen molar-refractivity contribution in [3.63, 3.8) is 0 Å². The SMILES string of the molecule is C[C@H]1CN(C2=NC(=O)/C(=C/c3ccccc3Br)S2)C[C@H](C)O1. The van der Waals surface area contributed by atoms with Crippen LogP contribution in [-0.4, -0.2) is 41.3 Å². The van der Waals surface area contributed by atoms with Crippen molar-refractivity contribution in [2.24, 2.45) is 4.99 Å². The van der Waals surface area contributed by atoms with Crippen molar-refractivity contribution in [3.8, 4) is 0 Å². The van der Waals surface area contributed by atoms with E-state index < -0.39 is 0 Å². The van der Waals surface area contributed by atoms with Crippen molar-refractivity contribution < 1.29 is 9.53 Å². The fourth-order valence-corrected chi connectivity index (χ4v) is 3.92. The highest BCUT2D eigenvalue weighted by atomic mass is 79.9. The normalized spacial score (nSPS) is 27.4. The van der Waals surface area contributed by atoms with Crippen LogP contribution in [0.3, 0.4) is 0 Å². The summed E-state index contributed by atoms with van der Waals surface area (Å²) in [5.74, 6) is -0.164. The summed E-state index contributed by atoms with van der Waals surface area (Å²) < 4.78 is 6.70. The Labute approximate surface area is 142 Å². The van der Waals surface area contributed by atoms with E-state index in [1.54, 1.807) is 0 Å². The zero-order valence-electron chi connectivity index (χ0n) is 12.5. The van der Waals surface area contributed by atoms with Gasteiger partial charge in [0.2, 0.25) is 0 Å². The first-order valence-electron chi connectivity index (χ1n) is 7.20. The molecule has 1 aromatic carbocycles. The molecule has 1 saturated heterocycles. The summed E-state index contributed by atoms with van der Waals surface area (Å²) in [6.45, 7) is 5.63. The number of hydrogen-bond donors (Lipinski definition) is 0. The fourth-order valence-electron chi connectivity index (χ4n) is 2.60. The molecule has 3 rings (SSSR count). The Morgan fingerprint density at radius 3 is 2.68 bits per heavy atom. The Morgan fingerprint density at radius 2 is 2.00 bits per heavy atom. The van der Waals surface area contributed by atoms with Gasteiger partial charge in [-0.1, -0.05) is 34.1 Å². The number of ether oxygens (including phenoxy) is 1. The summed E-state index contributed by atoms with van der Waals surface area (Å²) in [7, 11) is 0. The van der Waals surface area contributed by atoms with E-state index in [4.69, 9.17) is 4.74 Å². The van der Waals surface area contributed by atoms with Crippen LogP contribution in [0.25, 0.3) is 6.08 Å². The minimum atomic E-state index is -0.164. The van der Waals surface area contributed by atoms with Crippen LogP contribution in [0.2, 0.25) is 0 Å². The molecule has 2 heterocycles. The number of amidine groups is 1. The van der Waals surface area contributed by atoms with Crippen LogP contribution in [0, 0.1) is 0 Å². The minimum Gasteiger partial charge on any atom is -0.372 e. The van der Waals surface area contributed by atoms with Crippen LogP contribution in [0.15, 0.2) is 38.6 Å². The molecule has 0 saturated carbocycles. The summed E-state index contributed by atoms with van der Waals surface area (Å²) in [6, 6.07) is 7.84. The second kappa shape index (κ2) is 6.56. The smallest absolute Gasteiger partial charge is 0.286 e. The number of aliphatic imine (C=N–C) groups is 1. The van der Waals surface area contributed by atoms with Gasteiger partial charge in [-0.05, 0) is 43.3 Å². The predicted octanol–water partition coefficient (Wildman–Crippen LogP) is 3.53. The molecule has 0 aliphatic carbocycles. The fraction of sp³-hybridized carbons (Fsp3) is 0.375. The van der Waals surface area contributed by atoms with E-state index in [1.165, 1.54) is 11.8 Å². The maximum Gasteiger partial charge on any atom is 0.286 e. The highest BCUT2D eigenvalue weighted by Crippen LogP contribution is 2.32. The van der Waals surface area contributed by atoms with E-state index in [2.05, 4.69) is 25.8 Å². The first-order chi connectivity index (χ1) is 10.5. The molecule has 116 valence electrons. The molecule has 0 unspecified atom stereocenters. The second-order valence-corrected chi connectivity index (χ2v) is 7.36. The zero-order chi connectivity index (χ0) is 15.7. The third-order valence-corrected chi connectivity index (χ3v) is 5.26. The molecule has 6 heteroatoms. The average molecular weight is 381 g/mol. The van der Waals surface area contributed by atoms with Crippen molar-refractivity contribution in [2.45, 2.75) is 26.1 Å². The van der Waals surface area contributed by atoms with E-state index in [0.717, 1.165) is 28.3 Å². The lowest BCUT2D eigenvalue weighted by atomic mass is 10.2. The van der Waals surface area contributed by atoms with Gasteiger partial charge in [0.05, 0.1) is 17.1 Å². The summed E-state index contributed by atoms with van der Waals surface area (Å²) in [4.78, 5) is 19.2. The number of nitrogens with zero attached hydrogens (tertiary/aromatic N) is 2. The average Bonchev–Trinajstić information content (AvgIpc) is 2.82. The highest BCUT2D eigenvalue weighted by Gasteiger charge is 2.31. The topological polar surface area (TPSA) is 41.9 Å². The lowest BCUT2D eigenvalue weighted by molar-refractivity contribution is -0.113. The number of halogens is 1. The van der Waals surface area contributed by atoms with Gasteiger partial charge in [-0.2, -0.15) is 4.99 Å². The molecule has 0 N–H and O–H groups in total. The van der Waals surface area contributed by atoms with Crippen molar-refractivity contribution in [1.29, 1.82) is 0 Å². The molecule has 0 aromatic heterocycles. The lowest BCUT2D eigenvalue weighted by Crippen LogP contribution is -2.47. The standard InChI is InChI=1S/C16H17BrN2O2S/c1-10-8-19(9-11(2)21-10)16-18-15(20)14(22-16)7-12-5-3-4-6-13(12)17/h3-7,10-11H,8-9H2,1-2H3/b14-7-/t10-,11-/m0/s1. The number of carbonyl (C=O) groups is 1. The third-order valence-electron chi connectivity index (χ3n) is 3.49. The highest BCUT2D eigenvalue weighted by molar-refractivity contribution is 9.10. The van der Waals surface area contributed by atoms with Crippen LogP contribution >= 0.6 is 27.7 Å². The number of amides is 1. The Balaban J connectivity index is 1.78. The van der Waals surface area contributed by atoms with Crippen molar-refractivity contribution >= 4 is 44.8 Å². The van der Waals surface area contributed by atoms with Gasteiger partial charge in [-0.25, -0.2) is 0 Å².